The monoisotopic (exact) mass is 299 g/mol. The molecule has 0 aromatic heterocycles. The molecule has 0 spiro atoms. The van der Waals surface area contributed by atoms with E-state index in [4.69, 9.17) is 25.7 Å². The van der Waals surface area contributed by atoms with Gasteiger partial charge in [-0.25, -0.2) is 0 Å². The smallest absolute Gasteiger partial charge is 0.361 e. The van der Waals surface area contributed by atoms with Crippen molar-refractivity contribution in [3.05, 3.63) is 29.8 Å². The number of carbonyl (C=O) groups is 1. The van der Waals surface area contributed by atoms with Crippen molar-refractivity contribution in [2.24, 2.45) is 0 Å². The van der Waals surface area contributed by atoms with Crippen LogP contribution in [0, 0.1) is 0 Å². The van der Waals surface area contributed by atoms with Crippen molar-refractivity contribution in [1.29, 1.82) is 0 Å². The minimum absolute atomic E-state index is 0.288. The van der Waals surface area contributed by atoms with Crippen LogP contribution in [0.5, 0.6) is 5.75 Å². The molecule has 7 heteroatoms. The average Bonchev–Trinajstić information content (AvgIpc) is 2.49. The molecule has 1 aromatic carbocycles. The van der Waals surface area contributed by atoms with Crippen molar-refractivity contribution < 1.29 is 18.9 Å². The number of nitrogens with one attached hydrogen (secondary N) is 1. The van der Waals surface area contributed by atoms with Crippen molar-refractivity contribution in [1.82, 2.24) is 5.23 Å². The summed E-state index contributed by atoms with van der Waals surface area (Å²) in [6.45, 7) is 0.473. The molecule has 1 atom stereocenters. The third-order valence-electron chi connectivity index (χ3n) is 2.67. The number of hydrogen-bond donors (Lipinski definition) is 1. The number of rotatable bonds is 9. The number of ether oxygens (including phenoxy) is 2. The first kappa shape index (κ1) is 16.8. The zero-order chi connectivity index (χ0) is 14.8. The molecule has 0 aliphatic carbocycles. The van der Waals surface area contributed by atoms with Crippen LogP contribution >= 0.6 is 11.6 Å². The molecular formula is C13H19BClNO4. The predicted octanol–water partition coefficient (Wildman–Crippen LogP) is 0.891. The van der Waals surface area contributed by atoms with E-state index in [9.17, 15) is 4.79 Å². The topological polar surface area (TPSA) is 56.8 Å². The lowest BCUT2D eigenvalue weighted by atomic mass is 10.0. The highest BCUT2D eigenvalue weighted by atomic mass is 35.5. The predicted molar refractivity (Wildman–Crippen MR) is 79.5 cm³/mol. The highest BCUT2D eigenvalue weighted by molar-refractivity contribution is 6.24. The minimum Gasteiger partial charge on any atom is -0.492 e. The van der Waals surface area contributed by atoms with Crippen molar-refractivity contribution in [2.45, 2.75) is 12.5 Å². The molecule has 1 aromatic rings. The lowest BCUT2D eigenvalue weighted by Crippen LogP contribution is -2.42. The molecule has 1 N–H and O–H groups in total. The van der Waals surface area contributed by atoms with Gasteiger partial charge in [0.1, 0.15) is 18.4 Å². The van der Waals surface area contributed by atoms with Crippen LogP contribution in [0.25, 0.3) is 0 Å². The van der Waals surface area contributed by atoms with Crippen LogP contribution < -0.4 is 9.96 Å². The molecule has 1 unspecified atom stereocenters. The summed E-state index contributed by atoms with van der Waals surface area (Å²) < 4.78 is 15.1. The van der Waals surface area contributed by atoms with Crippen molar-refractivity contribution in [3.63, 3.8) is 0 Å². The first-order chi connectivity index (χ1) is 9.71. The molecule has 20 heavy (non-hydrogen) atoms. The van der Waals surface area contributed by atoms with Gasteiger partial charge in [0.15, 0.2) is 0 Å². The maximum Gasteiger partial charge on any atom is 0.361 e. The summed E-state index contributed by atoms with van der Waals surface area (Å²) in [5.41, 5.74) is 1.00. The van der Waals surface area contributed by atoms with Crippen molar-refractivity contribution >= 4 is 25.2 Å². The molecule has 110 valence electrons. The molecule has 5 nitrogen and oxygen atoms in total. The van der Waals surface area contributed by atoms with E-state index in [0.29, 0.717) is 18.9 Å². The third kappa shape index (κ3) is 5.82. The second-order valence-electron chi connectivity index (χ2n) is 4.10. The Morgan fingerprint density at radius 2 is 2.05 bits per heavy atom. The van der Waals surface area contributed by atoms with E-state index in [0.717, 1.165) is 11.3 Å². The van der Waals surface area contributed by atoms with Crippen molar-refractivity contribution in [3.8, 4) is 5.75 Å². The van der Waals surface area contributed by atoms with Gasteiger partial charge in [-0.05, 0) is 24.1 Å². The van der Waals surface area contributed by atoms with Gasteiger partial charge in [0, 0.05) is 7.11 Å². The number of hydrogen-bond acceptors (Lipinski definition) is 5. The van der Waals surface area contributed by atoms with Crippen LogP contribution in [0.3, 0.4) is 0 Å². The van der Waals surface area contributed by atoms with E-state index in [1.165, 1.54) is 7.11 Å². The van der Waals surface area contributed by atoms with Gasteiger partial charge in [0.05, 0.1) is 13.0 Å². The first-order valence-corrected chi connectivity index (χ1v) is 6.82. The van der Waals surface area contributed by atoms with E-state index in [2.05, 4.69) is 5.23 Å². The van der Waals surface area contributed by atoms with Crippen molar-refractivity contribution in [2.75, 3.05) is 26.7 Å². The number of methoxy groups -OCH3 is 1. The van der Waals surface area contributed by atoms with Gasteiger partial charge >= 0.3 is 13.6 Å². The number of carbonyl (C=O) groups excluding carboxylic acids is 1. The van der Waals surface area contributed by atoms with E-state index in [-0.39, 0.29) is 13.6 Å². The molecule has 0 amide bonds. The van der Waals surface area contributed by atoms with E-state index < -0.39 is 6.04 Å². The van der Waals surface area contributed by atoms with Crippen LogP contribution in [0.1, 0.15) is 5.56 Å². The van der Waals surface area contributed by atoms with Gasteiger partial charge in [0.25, 0.3) is 0 Å². The Bertz CT molecular complexity index is 402. The second kappa shape index (κ2) is 9.63. The molecule has 0 bridgehead atoms. The SMILES string of the molecule is COBNC(Cc1ccc(OCCCl)cc1)C(=O)OC. The lowest BCUT2D eigenvalue weighted by molar-refractivity contribution is -0.142. The Labute approximate surface area is 124 Å². The highest BCUT2D eigenvalue weighted by Gasteiger charge is 2.19. The van der Waals surface area contributed by atoms with Gasteiger partial charge in [-0.1, -0.05) is 12.1 Å². The maximum absolute atomic E-state index is 11.7. The molecule has 1 rings (SSSR count). The van der Waals surface area contributed by atoms with Gasteiger partial charge in [0.2, 0.25) is 0 Å². The molecule has 0 fully saturated rings. The van der Waals surface area contributed by atoms with Gasteiger partial charge in [-0.15, -0.1) is 11.6 Å². The largest absolute Gasteiger partial charge is 0.492 e. The van der Waals surface area contributed by atoms with Crippen LogP contribution in [-0.4, -0.2) is 46.3 Å². The summed E-state index contributed by atoms with van der Waals surface area (Å²) in [6, 6.07) is 7.09. The molecular weight excluding hydrogens is 280 g/mol. The number of esters is 1. The van der Waals surface area contributed by atoms with Crippen LogP contribution in [-0.2, 0) is 20.6 Å². The number of benzene rings is 1. The van der Waals surface area contributed by atoms with Crippen LogP contribution in [0.15, 0.2) is 24.3 Å². The molecule has 0 heterocycles. The fraction of sp³-hybridized carbons (Fsp3) is 0.462. The van der Waals surface area contributed by atoms with Crippen LogP contribution in [0.2, 0.25) is 0 Å². The lowest BCUT2D eigenvalue weighted by Gasteiger charge is -2.15. The second-order valence-corrected chi connectivity index (χ2v) is 4.48. The Morgan fingerprint density at radius 1 is 1.35 bits per heavy atom. The van der Waals surface area contributed by atoms with Gasteiger partial charge in [-0.2, -0.15) is 0 Å². The van der Waals surface area contributed by atoms with E-state index >= 15 is 0 Å². The molecule has 0 aliphatic rings. The zero-order valence-electron chi connectivity index (χ0n) is 11.7. The zero-order valence-corrected chi connectivity index (χ0v) is 12.5. The minimum atomic E-state index is -0.436. The Morgan fingerprint density at radius 3 is 2.60 bits per heavy atom. The Balaban J connectivity index is 2.60. The number of alkyl halides is 1. The normalized spacial score (nSPS) is 11.8. The highest BCUT2D eigenvalue weighted by Crippen LogP contribution is 2.14. The number of halogens is 1. The summed E-state index contributed by atoms with van der Waals surface area (Å²) in [5, 5.41) is 2.97. The fourth-order valence-corrected chi connectivity index (χ4v) is 1.76. The Kier molecular flexibility index (Phi) is 8.10. The van der Waals surface area contributed by atoms with E-state index in [1.807, 2.05) is 24.3 Å². The summed E-state index contributed by atoms with van der Waals surface area (Å²) in [7, 11) is 3.22. The third-order valence-corrected chi connectivity index (χ3v) is 2.82. The molecule has 0 aliphatic heterocycles. The summed E-state index contributed by atoms with van der Waals surface area (Å²) >= 11 is 5.55. The molecule has 0 saturated carbocycles. The molecule has 0 saturated heterocycles. The van der Waals surface area contributed by atoms with Gasteiger partial charge < -0.3 is 19.4 Å². The Hall–Kier alpha value is -1.24. The fourth-order valence-electron chi connectivity index (χ4n) is 1.68. The van der Waals surface area contributed by atoms with E-state index in [1.54, 1.807) is 7.11 Å². The quantitative estimate of drug-likeness (QED) is 0.417. The van der Waals surface area contributed by atoms with Gasteiger partial charge in [-0.3, -0.25) is 4.79 Å². The first-order valence-electron chi connectivity index (χ1n) is 6.29. The summed E-state index contributed by atoms with van der Waals surface area (Å²) in [5.74, 6) is 0.894. The standard InChI is InChI=1S/C13H19BClNO4/c1-18-13(17)12(16-14-19-2)9-10-3-5-11(6-4-10)20-8-7-15/h3-6,12,14,16H,7-9H2,1-2H3. The maximum atomic E-state index is 11.7. The van der Waals surface area contributed by atoms with Crippen LogP contribution in [0.4, 0.5) is 0 Å². The average molecular weight is 300 g/mol. The summed E-state index contributed by atoms with van der Waals surface area (Å²) in [6.07, 6.45) is 0.520. The molecule has 0 radical (unpaired) electrons. The summed E-state index contributed by atoms with van der Waals surface area (Å²) in [4.78, 5) is 11.7.